The lowest BCUT2D eigenvalue weighted by Gasteiger charge is -2.13. The maximum atomic E-state index is 12.4. The maximum Gasteiger partial charge on any atom is 0.190 e. The Morgan fingerprint density at radius 1 is 1.00 bits per heavy atom. The van der Waals surface area contributed by atoms with E-state index in [0.29, 0.717) is 10.6 Å². The van der Waals surface area contributed by atoms with E-state index in [1.165, 1.54) is 11.8 Å². The zero-order valence-corrected chi connectivity index (χ0v) is 14.4. The second kappa shape index (κ2) is 7.70. The van der Waals surface area contributed by atoms with E-state index in [0.717, 1.165) is 17.9 Å². The van der Waals surface area contributed by atoms with E-state index in [-0.39, 0.29) is 0 Å². The Bertz CT molecular complexity index is 680. The molecule has 0 aliphatic carbocycles. The molecule has 0 N–H and O–H groups in total. The summed E-state index contributed by atoms with van der Waals surface area (Å²) in [5.41, 5.74) is 0. The van der Waals surface area contributed by atoms with Crippen molar-refractivity contribution in [3.63, 3.8) is 0 Å². The number of ether oxygens (including phenoxy) is 1. The van der Waals surface area contributed by atoms with Crippen LogP contribution in [0, 0.1) is 0 Å². The van der Waals surface area contributed by atoms with Crippen molar-refractivity contribution in [2.24, 2.45) is 0 Å². The highest BCUT2D eigenvalue weighted by Gasteiger charge is 2.23. The Kier molecular flexibility index (Phi) is 5.91. The molecule has 5 heteroatoms. The van der Waals surface area contributed by atoms with Crippen molar-refractivity contribution in [3.05, 3.63) is 54.6 Å². The first-order valence-corrected chi connectivity index (χ1v) is 9.82. The fraction of sp³-hybridized carbons (Fsp3) is 0.294. The average Bonchev–Trinajstić information content (AvgIpc) is 2.54. The van der Waals surface area contributed by atoms with E-state index in [1.807, 2.05) is 37.3 Å². The predicted molar refractivity (Wildman–Crippen MR) is 92.4 cm³/mol. The zero-order valence-electron chi connectivity index (χ0n) is 12.7. The van der Waals surface area contributed by atoms with Crippen molar-refractivity contribution in [1.82, 2.24) is 0 Å². The highest BCUT2D eigenvalue weighted by atomic mass is 32.3. The summed E-state index contributed by atoms with van der Waals surface area (Å²) < 4.78 is 30.1. The molecule has 0 fully saturated rings. The lowest BCUT2D eigenvalue weighted by molar-refractivity contribution is 0.482. The number of para-hydroxylation sites is 1. The molecule has 0 radical (unpaired) electrons. The summed E-state index contributed by atoms with van der Waals surface area (Å²) >= 11 is 1.47. The van der Waals surface area contributed by atoms with Crippen LogP contribution < -0.4 is 4.74 Å². The summed E-state index contributed by atoms with van der Waals surface area (Å²) in [6.07, 6.45) is 0.967. The van der Waals surface area contributed by atoms with Crippen LogP contribution in [0.5, 0.6) is 11.5 Å². The van der Waals surface area contributed by atoms with Crippen LogP contribution in [0.4, 0.5) is 0 Å². The molecular weight excluding hydrogens is 316 g/mol. The van der Waals surface area contributed by atoms with Crippen LogP contribution in [-0.2, 0) is 9.84 Å². The molecule has 0 heterocycles. The molecule has 0 aliphatic heterocycles. The van der Waals surface area contributed by atoms with Crippen LogP contribution in [0.1, 0.15) is 20.3 Å². The number of rotatable bonds is 7. The first-order valence-electron chi connectivity index (χ1n) is 7.22. The summed E-state index contributed by atoms with van der Waals surface area (Å²) in [5.74, 6) is 2.19. The van der Waals surface area contributed by atoms with E-state index in [9.17, 15) is 8.42 Å². The van der Waals surface area contributed by atoms with Crippen molar-refractivity contribution in [1.29, 1.82) is 0 Å². The Morgan fingerprint density at radius 3 is 2.18 bits per heavy atom. The summed E-state index contributed by atoms with van der Waals surface area (Å²) in [4.78, 5) is 0.337. The normalized spacial score (nSPS) is 12.8. The number of sulfone groups is 1. The summed E-state index contributed by atoms with van der Waals surface area (Å²) in [6.45, 7) is 3.78. The van der Waals surface area contributed by atoms with Crippen molar-refractivity contribution in [2.45, 2.75) is 29.7 Å². The molecule has 0 aromatic heterocycles. The second-order valence-electron chi connectivity index (χ2n) is 4.87. The SMILES string of the molecule is CCCSC(C)S(=O)(=O)c1ccc(Oc2ccccc2)cc1. The molecule has 2 aromatic carbocycles. The van der Waals surface area contributed by atoms with Gasteiger partial charge in [0.25, 0.3) is 0 Å². The fourth-order valence-corrected chi connectivity index (χ4v) is 4.69. The zero-order chi connectivity index (χ0) is 16.0. The van der Waals surface area contributed by atoms with Gasteiger partial charge in [0.15, 0.2) is 9.84 Å². The minimum Gasteiger partial charge on any atom is -0.457 e. The third kappa shape index (κ3) is 4.27. The lowest BCUT2D eigenvalue weighted by atomic mass is 10.3. The third-order valence-electron chi connectivity index (χ3n) is 3.12. The van der Waals surface area contributed by atoms with Gasteiger partial charge in [0.1, 0.15) is 16.1 Å². The summed E-state index contributed by atoms with van der Waals surface area (Å²) in [5, 5.41) is 0. The summed E-state index contributed by atoms with van der Waals surface area (Å²) in [7, 11) is -3.29. The molecule has 0 bridgehead atoms. The Morgan fingerprint density at radius 2 is 1.59 bits per heavy atom. The van der Waals surface area contributed by atoms with E-state index in [4.69, 9.17) is 4.74 Å². The Hall–Kier alpha value is -1.46. The van der Waals surface area contributed by atoms with Crippen LogP contribution >= 0.6 is 11.8 Å². The van der Waals surface area contributed by atoms with Gasteiger partial charge in [0, 0.05) is 0 Å². The minimum atomic E-state index is -3.29. The fourth-order valence-electron chi connectivity index (χ4n) is 1.89. The van der Waals surface area contributed by atoms with E-state index >= 15 is 0 Å². The number of hydrogen-bond acceptors (Lipinski definition) is 4. The molecule has 2 rings (SSSR count). The van der Waals surface area contributed by atoms with Crippen LogP contribution in [0.3, 0.4) is 0 Å². The van der Waals surface area contributed by atoms with Crippen molar-refractivity contribution >= 4 is 21.6 Å². The van der Waals surface area contributed by atoms with Crippen LogP contribution in [0.25, 0.3) is 0 Å². The third-order valence-corrected chi connectivity index (χ3v) is 7.21. The van der Waals surface area contributed by atoms with Gasteiger partial charge in [-0.3, -0.25) is 0 Å². The minimum absolute atomic E-state index is 0.337. The van der Waals surface area contributed by atoms with Gasteiger partial charge >= 0.3 is 0 Å². The highest BCUT2D eigenvalue weighted by Crippen LogP contribution is 2.27. The monoisotopic (exact) mass is 336 g/mol. The molecule has 1 atom stereocenters. The van der Waals surface area contributed by atoms with Crippen LogP contribution in [0.2, 0.25) is 0 Å². The van der Waals surface area contributed by atoms with Crippen molar-refractivity contribution in [3.8, 4) is 11.5 Å². The molecule has 22 heavy (non-hydrogen) atoms. The molecule has 0 aliphatic rings. The van der Waals surface area contributed by atoms with Crippen molar-refractivity contribution < 1.29 is 13.2 Å². The molecular formula is C17H20O3S2. The first kappa shape index (κ1) is 16.9. The van der Waals surface area contributed by atoms with E-state index in [2.05, 4.69) is 0 Å². The van der Waals surface area contributed by atoms with E-state index in [1.54, 1.807) is 31.2 Å². The van der Waals surface area contributed by atoms with Gasteiger partial charge in [-0.25, -0.2) is 8.42 Å². The number of hydrogen-bond donors (Lipinski definition) is 0. The van der Waals surface area contributed by atoms with Gasteiger partial charge in [-0.2, -0.15) is 0 Å². The van der Waals surface area contributed by atoms with Gasteiger partial charge in [0.05, 0.1) is 4.90 Å². The number of thioether (sulfide) groups is 1. The van der Waals surface area contributed by atoms with Gasteiger partial charge in [-0.05, 0) is 55.5 Å². The molecule has 0 spiro atoms. The predicted octanol–water partition coefficient (Wildman–Crippen LogP) is 4.74. The second-order valence-corrected chi connectivity index (χ2v) is 8.89. The molecule has 2 aromatic rings. The molecule has 3 nitrogen and oxygen atoms in total. The molecule has 118 valence electrons. The molecule has 0 saturated heterocycles. The largest absolute Gasteiger partial charge is 0.457 e. The maximum absolute atomic E-state index is 12.4. The molecule has 0 saturated carbocycles. The van der Waals surface area contributed by atoms with Gasteiger partial charge in [0.2, 0.25) is 0 Å². The highest BCUT2D eigenvalue weighted by molar-refractivity contribution is 8.13. The molecule has 0 amide bonds. The number of benzene rings is 2. The molecule has 1 unspecified atom stereocenters. The first-order chi connectivity index (χ1) is 10.5. The quantitative estimate of drug-likeness (QED) is 0.732. The Labute approximate surface area is 136 Å². The van der Waals surface area contributed by atoms with Crippen LogP contribution in [0.15, 0.2) is 59.5 Å². The standard InChI is InChI=1S/C17H20O3S2/c1-3-13-21-14(2)22(18,19)17-11-9-16(10-12-17)20-15-7-5-4-6-8-15/h4-12,14H,3,13H2,1-2H3. The van der Waals surface area contributed by atoms with Crippen molar-refractivity contribution in [2.75, 3.05) is 5.75 Å². The lowest BCUT2D eigenvalue weighted by Crippen LogP contribution is -2.14. The summed E-state index contributed by atoms with van der Waals surface area (Å²) in [6, 6.07) is 16.0. The van der Waals surface area contributed by atoms with Gasteiger partial charge in [-0.1, -0.05) is 25.1 Å². The topological polar surface area (TPSA) is 43.4 Å². The average molecular weight is 336 g/mol. The van der Waals surface area contributed by atoms with Gasteiger partial charge < -0.3 is 4.74 Å². The smallest absolute Gasteiger partial charge is 0.190 e. The van der Waals surface area contributed by atoms with E-state index < -0.39 is 14.4 Å². The Balaban J connectivity index is 2.11. The van der Waals surface area contributed by atoms with Gasteiger partial charge in [-0.15, -0.1) is 11.8 Å². The van der Waals surface area contributed by atoms with Crippen LogP contribution in [-0.4, -0.2) is 18.8 Å².